The third-order valence-electron chi connectivity index (χ3n) is 5.08. The van der Waals surface area contributed by atoms with Crippen LogP contribution >= 0.6 is 11.6 Å². The van der Waals surface area contributed by atoms with Crippen LogP contribution < -0.4 is 10.6 Å². The van der Waals surface area contributed by atoms with Gasteiger partial charge < -0.3 is 10.6 Å². The molecule has 0 atom stereocenters. The molecule has 158 valence electrons. The second-order valence-electron chi connectivity index (χ2n) is 7.23. The van der Waals surface area contributed by atoms with Crippen LogP contribution in [-0.4, -0.2) is 22.9 Å². The number of hydrogen-bond acceptors (Lipinski definition) is 5. The van der Waals surface area contributed by atoms with Gasteiger partial charge in [-0.1, -0.05) is 54.1 Å². The van der Waals surface area contributed by atoms with E-state index in [2.05, 4.69) is 26.7 Å². The molecule has 32 heavy (non-hydrogen) atoms. The van der Waals surface area contributed by atoms with Crippen LogP contribution in [0, 0.1) is 11.3 Å². The minimum absolute atomic E-state index is 0.140. The van der Waals surface area contributed by atoms with E-state index >= 15 is 0 Å². The number of benzene rings is 3. The molecule has 3 aromatic carbocycles. The summed E-state index contributed by atoms with van der Waals surface area (Å²) >= 11 is 6.25. The lowest BCUT2D eigenvalue weighted by Gasteiger charge is -2.10. The van der Waals surface area contributed by atoms with Gasteiger partial charge >= 0.3 is 0 Å². The van der Waals surface area contributed by atoms with Crippen molar-refractivity contribution in [2.45, 2.75) is 12.8 Å². The standard InChI is InChI=1S/C25H20ClN5O/c1-28-24-21(12-13-27)23(26)30-22(31-24)14-16-6-10-20(11-7-16)29-25(32)19-9-8-17-4-2-3-5-18(17)15-19/h2-11,15H,12,14H2,1H3,(H,29,32)(H,28,30,31). The van der Waals surface area contributed by atoms with Gasteiger partial charge in [-0.15, -0.1) is 0 Å². The zero-order chi connectivity index (χ0) is 22.5. The molecule has 4 rings (SSSR count). The van der Waals surface area contributed by atoms with E-state index in [9.17, 15) is 4.79 Å². The van der Waals surface area contributed by atoms with Gasteiger partial charge in [0.25, 0.3) is 5.91 Å². The molecule has 0 aliphatic heterocycles. The zero-order valence-corrected chi connectivity index (χ0v) is 18.1. The van der Waals surface area contributed by atoms with Crippen LogP contribution in [-0.2, 0) is 12.8 Å². The van der Waals surface area contributed by atoms with Gasteiger partial charge in [-0.25, -0.2) is 9.97 Å². The van der Waals surface area contributed by atoms with E-state index in [1.54, 1.807) is 7.05 Å². The summed E-state index contributed by atoms with van der Waals surface area (Å²) in [5.74, 6) is 0.945. The molecule has 0 bridgehead atoms. The maximum atomic E-state index is 12.7. The second kappa shape index (κ2) is 9.46. The third kappa shape index (κ3) is 4.69. The van der Waals surface area contributed by atoms with Gasteiger partial charge in [-0.3, -0.25) is 4.79 Å². The molecule has 1 amide bonds. The Morgan fingerprint density at radius 2 is 1.78 bits per heavy atom. The Bertz CT molecular complexity index is 1330. The van der Waals surface area contributed by atoms with Gasteiger partial charge in [0.05, 0.1) is 12.5 Å². The first-order chi connectivity index (χ1) is 15.6. The van der Waals surface area contributed by atoms with Gasteiger partial charge in [0.2, 0.25) is 0 Å². The fourth-order valence-electron chi connectivity index (χ4n) is 3.44. The topological polar surface area (TPSA) is 90.7 Å². The molecule has 0 unspecified atom stereocenters. The maximum absolute atomic E-state index is 12.7. The number of anilines is 2. The molecule has 1 heterocycles. The Morgan fingerprint density at radius 1 is 1.03 bits per heavy atom. The number of nitrogens with zero attached hydrogens (tertiary/aromatic N) is 3. The van der Waals surface area contributed by atoms with E-state index in [1.165, 1.54) is 0 Å². The van der Waals surface area contributed by atoms with E-state index in [-0.39, 0.29) is 17.5 Å². The average Bonchev–Trinajstić information content (AvgIpc) is 2.81. The van der Waals surface area contributed by atoms with Crippen LogP contribution in [0.1, 0.15) is 27.3 Å². The SMILES string of the molecule is CNc1nc(Cc2ccc(NC(=O)c3ccc4ccccc4c3)cc2)nc(Cl)c1CC#N. The molecular weight excluding hydrogens is 422 g/mol. The first-order valence-electron chi connectivity index (χ1n) is 10.1. The van der Waals surface area contributed by atoms with Crippen molar-refractivity contribution in [1.29, 1.82) is 5.26 Å². The van der Waals surface area contributed by atoms with Gasteiger partial charge in [0.1, 0.15) is 16.8 Å². The fourth-order valence-corrected chi connectivity index (χ4v) is 3.70. The predicted octanol–water partition coefficient (Wildman–Crippen LogP) is 5.23. The number of amides is 1. The van der Waals surface area contributed by atoms with Crippen LogP contribution in [0.3, 0.4) is 0 Å². The van der Waals surface area contributed by atoms with Crippen LogP contribution in [0.25, 0.3) is 10.8 Å². The number of aromatic nitrogens is 2. The molecule has 0 radical (unpaired) electrons. The third-order valence-corrected chi connectivity index (χ3v) is 5.39. The summed E-state index contributed by atoms with van der Waals surface area (Å²) in [6.07, 6.45) is 0.612. The van der Waals surface area contributed by atoms with Crippen molar-refractivity contribution in [2.75, 3.05) is 17.7 Å². The molecule has 0 saturated carbocycles. The Balaban J connectivity index is 1.46. The van der Waals surface area contributed by atoms with Crippen molar-refractivity contribution in [3.05, 3.63) is 94.4 Å². The summed E-state index contributed by atoms with van der Waals surface area (Å²) < 4.78 is 0. The first-order valence-corrected chi connectivity index (χ1v) is 10.4. The average molecular weight is 442 g/mol. The van der Waals surface area contributed by atoms with Crippen molar-refractivity contribution in [1.82, 2.24) is 9.97 Å². The van der Waals surface area contributed by atoms with Crippen molar-refractivity contribution >= 4 is 39.8 Å². The van der Waals surface area contributed by atoms with Gasteiger partial charge in [0, 0.05) is 30.3 Å². The molecule has 2 N–H and O–H groups in total. The van der Waals surface area contributed by atoms with E-state index in [1.807, 2.05) is 66.7 Å². The molecular formula is C25H20ClN5O. The van der Waals surface area contributed by atoms with Gasteiger partial charge in [-0.2, -0.15) is 5.26 Å². The summed E-state index contributed by atoms with van der Waals surface area (Å²) in [5.41, 5.74) is 2.87. The normalized spacial score (nSPS) is 10.5. The van der Waals surface area contributed by atoms with Crippen molar-refractivity contribution in [2.24, 2.45) is 0 Å². The smallest absolute Gasteiger partial charge is 0.255 e. The van der Waals surface area contributed by atoms with Crippen LogP contribution in [0.2, 0.25) is 5.15 Å². The highest BCUT2D eigenvalue weighted by Crippen LogP contribution is 2.23. The van der Waals surface area contributed by atoms with Crippen LogP contribution in [0.5, 0.6) is 0 Å². The molecule has 0 aliphatic carbocycles. The molecule has 0 saturated heterocycles. The summed E-state index contributed by atoms with van der Waals surface area (Å²) in [5, 5.41) is 17.3. The maximum Gasteiger partial charge on any atom is 0.255 e. The molecule has 4 aromatic rings. The lowest BCUT2D eigenvalue weighted by atomic mass is 10.1. The first kappa shape index (κ1) is 21.3. The van der Waals surface area contributed by atoms with E-state index in [4.69, 9.17) is 16.9 Å². The summed E-state index contributed by atoms with van der Waals surface area (Å²) in [6, 6.07) is 23.2. The van der Waals surface area contributed by atoms with Gasteiger partial charge in [-0.05, 0) is 40.6 Å². The minimum atomic E-state index is -0.162. The summed E-state index contributed by atoms with van der Waals surface area (Å²) in [4.78, 5) is 21.4. The molecule has 0 fully saturated rings. The Hall–Kier alpha value is -3.95. The lowest BCUT2D eigenvalue weighted by Crippen LogP contribution is -2.11. The van der Waals surface area contributed by atoms with Crippen LogP contribution in [0.4, 0.5) is 11.5 Å². The van der Waals surface area contributed by atoms with E-state index in [0.717, 1.165) is 16.3 Å². The lowest BCUT2D eigenvalue weighted by molar-refractivity contribution is 0.102. The molecule has 1 aromatic heterocycles. The highest BCUT2D eigenvalue weighted by atomic mass is 35.5. The molecule has 7 heteroatoms. The van der Waals surface area contributed by atoms with Crippen molar-refractivity contribution in [3.63, 3.8) is 0 Å². The zero-order valence-electron chi connectivity index (χ0n) is 17.4. The number of fused-ring (bicyclic) bond motifs is 1. The Morgan fingerprint density at radius 3 is 2.50 bits per heavy atom. The van der Waals surface area contributed by atoms with Crippen molar-refractivity contribution in [3.8, 4) is 6.07 Å². The largest absolute Gasteiger partial charge is 0.373 e. The predicted molar refractivity (Wildman–Crippen MR) is 127 cm³/mol. The monoisotopic (exact) mass is 441 g/mol. The summed E-state index contributed by atoms with van der Waals surface area (Å²) in [7, 11) is 1.73. The Kier molecular flexibility index (Phi) is 6.29. The molecule has 0 spiro atoms. The number of nitrogens with one attached hydrogen (secondary N) is 2. The number of halogens is 1. The quantitative estimate of drug-likeness (QED) is 0.399. The number of carbonyl (C=O) groups excluding carboxylic acids is 1. The van der Waals surface area contributed by atoms with Crippen molar-refractivity contribution < 1.29 is 4.79 Å². The van der Waals surface area contributed by atoms with E-state index < -0.39 is 0 Å². The van der Waals surface area contributed by atoms with Crippen LogP contribution in [0.15, 0.2) is 66.7 Å². The number of hydrogen-bond donors (Lipinski definition) is 2. The number of carbonyl (C=O) groups is 1. The Labute approximate surface area is 190 Å². The number of rotatable bonds is 6. The fraction of sp³-hybridized carbons (Fsp3) is 0.120. The van der Waals surface area contributed by atoms with E-state index in [0.29, 0.717) is 34.9 Å². The second-order valence-corrected chi connectivity index (χ2v) is 7.59. The van der Waals surface area contributed by atoms with Gasteiger partial charge in [0.15, 0.2) is 0 Å². The summed E-state index contributed by atoms with van der Waals surface area (Å²) in [6.45, 7) is 0. The highest BCUT2D eigenvalue weighted by Gasteiger charge is 2.13. The minimum Gasteiger partial charge on any atom is -0.373 e. The molecule has 6 nitrogen and oxygen atoms in total. The molecule has 0 aliphatic rings. The number of nitriles is 1. The highest BCUT2D eigenvalue weighted by molar-refractivity contribution is 6.30.